The van der Waals surface area contributed by atoms with Crippen molar-refractivity contribution in [3.05, 3.63) is 200 Å². The van der Waals surface area contributed by atoms with Crippen LogP contribution in [0, 0.1) is 0 Å². The Kier molecular flexibility index (Phi) is 8.00. The van der Waals surface area contributed by atoms with Crippen molar-refractivity contribution < 1.29 is 0 Å². The normalized spacial score (nSPS) is 12.7. The number of allylic oxidation sites excluding steroid dienone is 4. The van der Waals surface area contributed by atoms with Gasteiger partial charge in [0.1, 0.15) is 0 Å². The lowest BCUT2D eigenvalue weighted by Crippen LogP contribution is -1.97. The number of aromatic nitrogens is 2. The van der Waals surface area contributed by atoms with E-state index < -0.39 is 0 Å². The van der Waals surface area contributed by atoms with E-state index in [1.807, 2.05) is 6.07 Å². The second kappa shape index (κ2) is 13.6. The molecular formula is C52H36N2. The van der Waals surface area contributed by atoms with Crippen molar-refractivity contribution in [3.8, 4) is 56.2 Å². The van der Waals surface area contributed by atoms with Crippen LogP contribution in [0.15, 0.2) is 194 Å². The Morgan fingerprint density at radius 1 is 0.370 bits per heavy atom. The standard InChI is InChI=1S/C52H36N2/c1-3-16-37(17-4-1)48-34-49(38-31-29-36(30-32-38)43-28-14-20-35-15-7-8-23-42(35)43)54-52(53-48)41-22-13-21-40(33-41)51-46-26-11-9-24-44(46)50(39-18-5-2-6-19-39)45-25-10-12-27-47(45)51/h1,3-5,7-34H,2,6H2. The molecule has 1 aliphatic carbocycles. The summed E-state index contributed by atoms with van der Waals surface area (Å²) in [7, 11) is 0. The average molecular weight is 689 g/mol. The Morgan fingerprint density at radius 3 is 1.59 bits per heavy atom. The minimum absolute atomic E-state index is 0.703. The summed E-state index contributed by atoms with van der Waals surface area (Å²) in [5, 5.41) is 7.52. The maximum atomic E-state index is 5.26. The van der Waals surface area contributed by atoms with Gasteiger partial charge in [0.15, 0.2) is 5.82 Å². The fourth-order valence-electron chi connectivity index (χ4n) is 8.14. The number of rotatable bonds is 6. The third-order valence-electron chi connectivity index (χ3n) is 10.7. The van der Waals surface area contributed by atoms with E-state index in [0.717, 1.165) is 46.5 Å². The Labute approximate surface area is 315 Å². The monoisotopic (exact) mass is 688 g/mol. The number of hydrogen-bond donors (Lipinski definition) is 0. The van der Waals surface area contributed by atoms with Gasteiger partial charge in [0.05, 0.1) is 11.4 Å². The fourth-order valence-corrected chi connectivity index (χ4v) is 8.14. The predicted molar refractivity (Wildman–Crippen MR) is 228 cm³/mol. The Bertz CT molecular complexity index is 2850. The van der Waals surface area contributed by atoms with E-state index in [-0.39, 0.29) is 0 Å². The third-order valence-corrected chi connectivity index (χ3v) is 10.7. The van der Waals surface area contributed by atoms with Gasteiger partial charge < -0.3 is 0 Å². The number of nitrogens with zero attached hydrogens (tertiary/aromatic N) is 2. The molecule has 0 unspecified atom stereocenters. The molecule has 0 fully saturated rings. The quantitative estimate of drug-likeness (QED) is 0.163. The fraction of sp³-hybridized carbons (Fsp3) is 0.0385. The first-order valence-corrected chi connectivity index (χ1v) is 18.7. The highest BCUT2D eigenvalue weighted by Crippen LogP contribution is 2.43. The van der Waals surface area contributed by atoms with Gasteiger partial charge in [0, 0.05) is 16.7 Å². The van der Waals surface area contributed by atoms with E-state index in [4.69, 9.17) is 9.97 Å². The third kappa shape index (κ3) is 5.70. The smallest absolute Gasteiger partial charge is 0.160 e. The summed E-state index contributed by atoms with van der Waals surface area (Å²) in [5.74, 6) is 0.703. The molecule has 0 radical (unpaired) electrons. The van der Waals surface area contributed by atoms with Crippen LogP contribution >= 0.6 is 0 Å². The molecule has 0 spiro atoms. The molecule has 2 heteroatoms. The molecule has 8 aromatic carbocycles. The van der Waals surface area contributed by atoms with Crippen molar-refractivity contribution in [3.63, 3.8) is 0 Å². The number of benzene rings is 8. The maximum Gasteiger partial charge on any atom is 0.160 e. The van der Waals surface area contributed by atoms with Crippen LogP contribution in [0.4, 0.5) is 0 Å². The summed E-state index contributed by atoms with van der Waals surface area (Å²) in [6.07, 6.45) is 9.14. The molecule has 0 N–H and O–H groups in total. The second-order valence-corrected chi connectivity index (χ2v) is 14.0. The Hall–Kier alpha value is -6.90. The molecule has 10 rings (SSSR count). The Morgan fingerprint density at radius 2 is 0.907 bits per heavy atom. The van der Waals surface area contributed by atoms with E-state index in [1.54, 1.807) is 0 Å². The molecule has 2 nitrogen and oxygen atoms in total. The van der Waals surface area contributed by atoms with Gasteiger partial charge in [0.2, 0.25) is 0 Å². The SMILES string of the molecule is C1=CC(c2c3ccccc3c(-c3cccc(-c4nc(-c5ccccc5)cc(-c5ccc(-c6cccc7ccccc67)cc5)n4)c3)c3ccccc23)=CCC1. The lowest BCUT2D eigenvalue weighted by molar-refractivity contribution is 1.04. The highest BCUT2D eigenvalue weighted by Gasteiger charge is 2.19. The first-order chi connectivity index (χ1) is 26.8. The maximum absolute atomic E-state index is 5.26. The molecule has 254 valence electrons. The van der Waals surface area contributed by atoms with Gasteiger partial charge in [-0.1, -0.05) is 182 Å². The molecule has 0 saturated heterocycles. The van der Waals surface area contributed by atoms with Gasteiger partial charge >= 0.3 is 0 Å². The predicted octanol–water partition coefficient (Wildman–Crippen LogP) is 14.0. The summed E-state index contributed by atoms with van der Waals surface area (Å²) in [6, 6.07) is 62.9. The van der Waals surface area contributed by atoms with E-state index in [2.05, 4.69) is 188 Å². The molecule has 1 aliphatic rings. The van der Waals surface area contributed by atoms with Crippen LogP contribution in [-0.2, 0) is 0 Å². The van der Waals surface area contributed by atoms with Gasteiger partial charge in [-0.05, 0) is 90.7 Å². The lowest BCUT2D eigenvalue weighted by atomic mass is 9.84. The molecular weight excluding hydrogens is 653 g/mol. The van der Waals surface area contributed by atoms with E-state index in [1.165, 1.54) is 60.1 Å². The van der Waals surface area contributed by atoms with Crippen LogP contribution in [0.3, 0.4) is 0 Å². The zero-order valence-corrected chi connectivity index (χ0v) is 29.8. The Balaban J connectivity index is 1.12. The van der Waals surface area contributed by atoms with Gasteiger partial charge in [-0.2, -0.15) is 0 Å². The highest BCUT2D eigenvalue weighted by molar-refractivity contribution is 6.19. The van der Waals surface area contributed by atoms with Crippen molar-refractivity contribution in [1.82, 2.24) is 9.97 Å². The van der Waals surface area contributed by atoms with Gasteiger partial charge in [0.25, 0.3) is 0 Å². The zero-order chi connectivity index (χ0) is 35.8. The van der Waals surface area contributed by atoms with Crippen molar-refractivity contribution in [2.45, 2.75) is 12.8 Å². The molecule has 0 saturated carbocycles. The van der Waals surface area contributed by atoms with Crippen LogP contribution < -0.4 is 0 Å². The van der Waals surface area contributed by atoms with E-state index in [0.29, 0.717) is 5.82 Å². The van der Waals surface area contributed by atoms with Crippen molar-refractivity contribution >= 4 is 37.9 Å². The van der Waals surface area contributed by atoms with Crippen LogP contribution in [0.1, 0.15) is 18.4 Å². The van der Waals surface area contributed by atoms with Crippen molar-refractivity contribution in [1.29, 1.82) is 0 Å². The van der Waals surface area contributed by atoms with E-state index in [9.17, 15) is 0 Å². The molecule has 9 aromatic rings. The summed E-state index contributed by atoms with van der Waals surface area (Å²) in [5.41, 5.74) is 12.3. The average Bonchev–Trinajstić information content (AvgIpc) is 3.26. The number of fused-ring (bicyclic) bond motifs is 3. The topological polar surface area (TPSA) is 25.8 Å². The van der Waals surface area contributed by atoms with Crippen molar-refractivity contribution in [2.75, 3.05) is 0 Å². The van der Waals surface area contributed by atoms with Gasteiger partial charge in [-0.3, -0.25) is 0 Å². The van der Waals surface area contributed by atoms with Gasteiger partial charge in [-0.25, -0.2) is 9.97 Å². The molecule has 0 bridgehead atoms. The van der Waals surface area contributed by atoms with Gasteiger partial charge in [-0.15, -0.1) is 0 Å². The summed E-state index contributed by atoms with van der Waals surface area (Å²) >= 11 is 0. The minimum atomic E-state index is 0.703. The van der Waals surface area contributed by atoms with Crippen molar-refractivity contribution in [2.24, 2.45) is 0 Å². The summed E-state index contributed by atoms with van der Waals surface area (Å²) in [6.45, 7) is 0. The summed E-state index contributed by atoms with van der Waals surface area (Å²) in [4.78, 5) is 10.5. The molecule has 1 aromatic heterocycles. The molecule has 1 heterocycles. The molecule has 0 amide bonds. The second-order valence-electron chi connectivity index (χ2n) is 14.0. The molecule has 54 heavy (non-hydrogen) atoms. The van der Waals surface area contributed by atoms with Crippen LogP contribution in [-0.4, -0.2) is 9.97 Å². The zero-order valence-electron chi connectivity index (χ0n) is 29.8. The molecule has 0 atom stereocenters. The lowest BCUT2D eigenvalue weighted by Gasteiger charge is -2.19. The first kappa shape index (κ1) is 31.8. The highest BCUT2D eigenvalue weighted by atomic mass is 14.9. The van der Waals surface area contributed by atoms with Crippen LogP contribution in [0.5, 0.6) is 0 Å². The van der Waals surface area contributed by atoms with Crippen LogP contribution in [0.25, 0.3) is 94.0 Å². The first-order valence-electron chi connectivity index (χ1n) is 18.7. The minimum Gasteiger partial charge on any atom is -0.228 e. The van der Waals surface area contributed by atoms with E-state index >= 15 is 0 Å². The summed E-state index contributed by atoms with van der Waals surface area (Å²) < 4.78 is 0. The largest absolute Gasteiger partial charge is 0.228 e. The number of hydrogen-bond acceptors (Lipinski definition) is 2. The molecule has 0 aliphatic heterocycles. The van der Waals surface area contributed by atoms with Crippen LogP contribution in [0.2, 0.25) is 0 Å².